The Balaban J connectivity index is 1.21. The maximum Gasteiger partial charge on any atom is 0.325 e. The highest BCUT2D eigenvalue weighted by molar-refractivity contribution is 7.13. The van der Waals surface area contributed by atoms with Crippen LogP contribution in [0, 0.1) is 0 Å². The molecular weight excluding hydrogens is 436 g/mol. The van der Waals surface area contributed by atoms with E-state index in [1.54, 1.807) is 24.3 Å². The number of nitrogens with zero attached hydrogens (tertiary/aromatic N) is 1. The molecule has 0 fully saturated rings. The molecule has 0 bridgehead atoms. The van der Waals surface area contributed by atoms with Crippen molar-refractivity contribution in [2.45, 2.75) is 12.8 Å². The smallest absolute Gasteiger partial charge is 0.325 e. The van der Waals surface area contributed by atoms with Crippen LogP contribution >= 0.6 is 11.3 Å². The Morgan fingerprint density at radius 3 is 2.12 bits per heavy atom. The quantitative estimate of drug-likeness (QED) is 0.295. The van der Waals surface area contributed by atoms with Crippen molar-refractivity contribution in [3.8, 4) is 11.5 Å². The van der Waals surface area contributed by atoms with Crippen molar-refractivity contribution in [2.75, 3.05) is 16.0 Å². The molecule has 3 aromatic carbocycles. The number of hydrogen-bond donors (Lipinski definition) is 3. The molecule has 7 nitrogen and oxygen atoms in total. The first-order valence-electron chi connectivity index (χ1n) is 10.3. The Kier molecular flexibility index (Phi) is 7.29. The van der Waals surface area contributed by atoms with Gasteiger partial charge in [-0.2, -0.15) is 0 Å². The summed E-state index contributed by atoms with van der Waals surface area (Å²) in [5, 5.41) is 10.6. The summed E-state index contributed by atoms with van der Waals surface area (Å²) in [5.74, 6) is 1.33. The van der Waals surface area contributed by atoms with E-state index in [0.29, 0.717) is 28.7 Å². The second-order valence-corrected chi connectivity index (χ2v) is 7.93. The van der Waals surface area contributed by atoms with Gasteiger partial charge >= 0.3 is 6.03 Å². The molecule has 0 unspecified atom stereocenters. The Bertz CT molecular complexity index is 1200. The van der Waals surface area contributed by atoms with E-state index in [9.17, 15) is 9.59 Å². The minimum absolute atomic E-state index is 0.115. The number of para-hydroxylation sites is 2. The number of benzene rings is 3. The number of urea groups is 1. The standard InChI is InChI=1S/C25H22N4O3S/c30-23(26-19-11-14-22(15-12-19)32-21-9-5-2-6-10-21)16-13-20-17-33-25(28-20)29-24(31)27-18-7-3-1-4-8-18/h1-12,14-15,17H,13,16H2,(H,26,30)(H2,27,28,29,31). The molecule has 33 heavy (non-hydrogen) atoms. The third-order valence-corrected chi connectivity index (χ3v) is 5.34. The van der Waals surface area contributed by atoms with E-state index in [2.05, 4.69) is 20.9 Å². The van der Waals surface area contributed by atoms with Gasteiger partial charge in [0.15, 0.2) is 5.13 Å². The summed E-state index contributed by atoms with van der Waals surface area (Å²) >= 11 is 1.32. The first-order chi connectivity index (χ1) is 16.1. The second-order valence-electron chi connectivity index (χ2n) is 7.08. The number of hydrogen-bond acceptors (Lipinski definition) is 5. The average molecular weight is 459 g/mol. The van der Waals surface area contributed by atoms with Crippen molar-refractivity contribution in [2.24, 2.45) is 0 Å². The van der Waals surface area contributed by atoms with E-state index in [1.165, 1.54) is 11.3 Å². The van der Waals surface area contributed by atoms with Crippen LogP contribution in [0.4, 0.5) is 21.3 Å². The first-order valence-corrected chi connectivity index (χ1v) is 11.2. The number of aryl methyl sites for hydroxylation is 1. The van der Waals surface area contributed by atoms with Gasteiger partial charge in [0, 0.05) is 23.2 Å². The van der Waals surface area contributed by atoms with Crippen molar-refractivity contribution >= 4 is 39.8 Å². The van der Waals surface area contributed by atoms with Crippen LogP contribution in [0.25, 0.3) is 0 Å². The van der Waals surface area contributed by atoms with Crippen LogP contribution in [-0.2, 0) is 11.2 Å². The fraction of sp³-hybridized carbons (Fsp3) is 0.0800. The van der Waals surface area contributed by atoms with Crippen molar-refractivity contribution in [1.82, 2.24) is 4.98 Å². The number of carbonyl (C=O) groups excluding carboxylic acids is 2. The second kappa shape index (κ2) is 10.9. The number of rotatable bonds is 8. The van der Waals surface area contributed by atoms with Gasteiger partial charge in [0.05, 0.1) is 5.69 Å². The Hall–Kier alpha value is -4.17. The monoisotopic (exact) mass is 458 g/mol. The molecule has 0 spiro atoms. The maximum atomic E-state index is 12.3. The largest absolute Gasteiger partial charge is 0.457 e. The summed E-state index contributed by atoms with van der Waals surface area (Å²) in [5.41, 5.74) is 2.14. The van der Waals surface area contributed by atoms with Crippen molar-refractivity contribution in [3.05, 3.63) is 96.0 Å². The number of aromatic nitrogens is 1. The van der Waals surface area contributed by atoms with Gasteiger partial charge in [0.2, 0.25) is 5.91 Å². The number of thiazole rings is 1. The zero-order valence-electron chi connectivity index (χ0n) is 17.7. The zero-order valence-corrected chi connectivity index (χ0v) is 18.5. The lowest BCUT2D eigenvalue weighted by Crippen LogP contribution is -2.19. The summed E-state index contributed by atoms with van der Waals surface area (Å²) in [6, 6.07) is 25.5. The zero-order chi connectivity index (χ0) is 22.9. The number of carbonyl (C=O) groups is 2. The number of nitrogens with one attached hydrogen (secondary N) is 3. The molecule has 4 aromatic rings. The molecule has 166 valence electrons. The van der Waals surface area contributed by atoms with Crippen LogP contribution in [0.1, 0.15) is 12.1 Å². The number of anilines is 3. The van der Waals surface area contributed by atoms with E-state index in [4.69, 9.17) is 4.74 Å². The molecule has 0 aliphatic heterocycles. The van der Waals surface area contributed by atoms with Crippen LogP contribution in [0.3, 0.4) is 0 Å². The highest BCUT2D eigenvalue weighted by Gasteiger charge is 2.09. The van der Waals surface area contributed by atoms with Gasteiger partial charge in [0.1, 0.15) is 11.5 Å². The molecule has 0 saturated carbocycles. The van der Waals surface area contributed by atoms with E-state index < -0.39 is 0 Å². The van der Waals surface area contributed by atoms with Crippen molar-refractivity contribution in [1.29, 1.82) is 0 Å². The summed E-state index contributed by atoms with van der Waals surface area (Å²) < 4.78 is 5.75. The van der Waals surface area contributed by atoms with Gasteiger partial charge in [-0.05, 0) is 55.0 Å². The molecule has 0 radical (unpaired) electrons. The van der Waals surface area contributed by atoms with Gasteiger partial charge in [-0.15, -0.1) is 11.3 Å². The van der Waals surface area contributed by atoms with Gasteiger partial charge in [-0.25, -0.2) is 9.78 Å². The summed E-state index contributed by atoms with van der Waals surface area (Å²) in [6.45, 7) is 0. The lowest BCUT2D eigenvalue weighted by Gasteiger charge is -2.08. The summed E-state index contributed by atoms with van der Waals surface area (Å²) in [7, 11) is 0. The molecule has 1 aromatic heterocycles. The van der Waals surface area contributed by atoms with Crippen LogP contribution < -0.4 is 20.7 Å². The lowest BCUT2D eigenvalue weighted by molar-refractivity contribution is -0.116. The SMILES string of the molecule is O=C(CCc1csc(NC(=O)Nc2ccccc2)n1)Nc1ccc(Oc2ccccc2)cc1. The molecule has 8 heteroatoms. The summed E-state index contributed by atoms with van der Waals surface area (Å²) in [4.78, 5) is 28.7. The van der Waals surface area contributed by atoms with E-state index in [-0.39, 0.29) is 18.4 Å². The van der Waals surface area contributed by atoms with E-state index >= 15 is 0 Å². The summed E-state index contributed by atoms with van der Waals surface area (Å²) in [6.07, 6.45) is 0.751. The first kappa shape index (κ1) is 22.0. The van der Waals surface area contributed by atoms with Gasteiger partial charge in [-0.3, -0.25) is 10.1 Å². The predicted octanol–water partition coefficient (Wildman–Crippen LogP) is 6.15. The molecule has 0 aliphatic carbocycles. The van der Waals surface area contributed by atoms with Crippen LogP contribution in [-0.4, -0.2) is 16.9 Å². The van der Waals surface area contributed by atoms with Crippen LogP contribution in [0.5, 0.6) is 11.5 Å². The lowest BCUT2D eigenvalue weighted by atomic mass is 10.2. The molecule has 0 aliphatic rings. The third kappa shape index (κ3) is 6.91. The predicted molar refractivity (Wildman–Crippen MR) is 131 cm³/mol. The fourth-order valence-corrected chi connectivity index (χ4v) is 3.70. The molecule has 1 heterocycles. The van der Waals surface area contributed by atoms with E-state index in [1.807, 2.05) is 66.0 Å². The molecule has 3 N–H and O–H groups in total. The minimum Gasteiger partial charge on any atom is -0.457 e. The Morgan fingerprint density at radius 2 is 1.39 bits per heavy atom. The van der Waals surface area contributed by atoms with Crippen molar-refractivity contribution < 1.29 is 14.3 Å². The third-order valence-electron chi connectivity index (χ3n) is 4.53. The number of amides is 3. The average Bonchev–Trinajstić information content (AvgIpc) is 3.27. The van der Waals surface area contributed by atoms with Crippen LogP contribution in [0.15, 0.2) is 90.3 Å². The van der Waals surface area contributed by atoms with Gasteiger partial charge in [0.25, 0.3) is 0 Å². The Labute approximate surface area is 195 Å². The molecule has 4 rings (SSSR count). The molecule has 3 amide bonds. The molecule has 0 atom stereocenters. The maximum absolute atomic E-state index is 12.3. The minimum atomic E-state index is -0.362. The van der Waals surface area contributed by atoms with Gasteiger partial charge < -0.3 is 15.4 Å². The van der Waals surface area contributed by atoms with Gasteiger partial charge in [-0.1, -0.05) is 36.4 Å². The van der Waals surface area contributed by atoms with Crippen molar-refractivity contribution in [3.63, 3.8) is 0 Å². The highest BCUT2D eigenvalue weighted by atomic mass is 32.1. The fourth-order valence-electron chi connectivity index (χ4n) is 2.96. The van der Waals surface area contributed by atoms with E-state index in [0.717, 1.165) is 11.4 Å². The number of ether oxygens (including phenoxy) is 1. The Morgan fingerprint density at radius 1 is 0.758 bits per heavy atom. The topological polar surface area (TPSA) is 92.4 Å². The normalized spacial score (nSPS) is 10.3. The molecular formula is C25H22N4O3S. The van der Waals surface area contributed by atoms with Crippen LogP contribution in [0.2, 0.25) is 0 Å². The highest BCUT2D eigenvalue weighted by Crippen LogP contribution is 2.23. The molecule has 0 saturated heterocycles.